The molecule has 0 saturated carbocycles. The Bertz CT molecular complexity index is 830. The lowest BCUT2D eigenvalue weighted by Gasteiger charge is -2.17. The van der Waals surface area contributed by atoms with E-state index < -0.39 is 10.0 Å². The molecule has 0 aromatic heterocycles. The van der Waals surface area contributed by atoms with Crippen molar-refractivity contribution in [3.05, 3.63) is 60.2 Å². The first-order valence-electron chi connectivity index (χ1n) is 8.72. The van der Waals surface area contributed by atoms with Crippen molar-refractivity contribution in [3.8, 4) is 0 Å². The summed E-state index contributed by atoms with van der Waals surface area (Å²) >= 11 is 0. The number of amides is 1. The molecule has 2 N–H and O–H groups in total. The molecule has 1 aliphatic heterocycles. The van der Waals surface area contributed by atoms with Gasteiger partial charge in [-0.3, -0.25) is 9.52 Å². The second kappa shape index (κ2) is 8.23. The molecule has 26 heavy (non-hydrogen) atoms. The Hall–Kier alpha value is -2.54. The van der Waals surface area contributed by atoms with Gasteiger partial charge >= 0.3 is 0 Å². The number of carbonyl (C=O) groups is 1. The van der Waals surface area contributed by atoms with Crippen LogP contribution in [0.15, 0.2) is 54.6 Å². The lowest BCUT2D eigenvalue weighted by molar-refractivity contribution is 0.0956. The predicted octanol–water partition coefficient (Wildman–Crippen LogP) is 2.46. The number of carbonyl (C=O) groups excluding carboxylic acids is 1. The fourth-order valence-electron chi connectivity index (χ4n) is 2.94. The van der Waals surface area contributed by atoms with E-state index in [-0.39, 0.29) is 18.2 Å². The summed E-state index contributed by atoms with van der Waals surface area (Å²) in [6, 6.07) is 16.1. The highest BCUT2D eigenvalue weighted by atomic mass is 32.2. The summed E-state index contributed by atoms with van der Waals surface area (Å²) in [6.07, 6.45) is 2.40. The van der Waals surface area contributed by atoms with Crippen molar-refractivity contribution in [2.75, 3.05) is 35.0 Å². The number of nitrogens with one attached hydrogen (secondary N) is 2. The van der Waals surface area contributed by atoms with Gasteiger partial charge in [0.05, 0.1) is 5.75 Å². The van der Waals surface area contributed by atoms with Gasteiger partial charge in [0, 0.05) is 36.6 Å². The van der Waals surface area contributed by atoms with Gasteiger partial charge in [0.2, 0.25) is 10.0 Å². The lowest BCUT2D eigenvalue weighted by atomic mass is 10.2. The number of sulfonamides is 1. The Morgan fingerprint density at radius 1 is 0.962 bits per heavy atom. The fraction of sp³-hybridized carbons (Fsp3) is 0.316. The van der Waals surface area contributed by atoms with Crippen molar-refractivity contribution in [1.82, 2.24) is 5.32 Å². The molecule has 138 valence electrons. The summed E-state index contributed by atoms with van der Waals surface area (Å²) in [6.45, 7) is 2.16. The van der Waals surface area contributed by atoms with Crippen LogP contribution in [0.5, 0.6) is 0 Å². The van der Waals surface area contributed by atoms with E-state index in [0.29, 0.717) is 11.3 Å². The largest absolute Gasteiger partial charge is 0.372 e. The first-order chi connectivity index (χ1) is 12.5. The second-order valence-electron chi connectivity index (χ2n) is 6.28. The fourth-order valence-corrected chi connectivity index (χ4v) is 3.90. The standard InChI is InChI=1S/C19H23N3O3S/c23-19(16-8-10-18(11-9-16)22-13-4-5-14-22)20-12-15-26(24,25)21-17-6-2-1-3-7-17/h1-3,6-11,21H,4-5,12-15H2,(H,20,23). The third-order valence-electron chi connectivity index (χ3n) is 4.30. The van der Waals surface area contributed by atoms with Crippen molar-refractivity contribution < 1.29 is 13.2 Å². The molecule has 3 rings (SSSR count). The Morgan fingerprint density at radius 3 is 2.27 bits per heavy atom. The van der Waals surface area contributed by atoms with Crippen molar-refractivity contribution in [2.24, 2.45) is 0 Å². The quantitative estimate of drug-likeness (QED) is 0.781. The van der Waals surface area contributed by atoms with E-state index in [2.05, 4.69) is 14.9 Å². The van der Waals surface area contributed by atoms with Crippen LogP contribution < -0.4 is 14.9 Å². The van der Waals surface area contributed by atoms with Gasteiger partial charge < -0.3 is 10.2 Å². The molecular formula is C19H23N3O3S. The van der Waals surface area contributed by atoms with Gasteiger partial charge in [-0.2, -0.15) is 0 Å². The predicted molar refractivity (Wildman–Crippen MR) is 104 cm³/mol. The highest BCUT2D eigenvalue weighted by Crippen LogP contribution is 2.20. The molecule has 1 heterocycles. The van der Waals surface area contributed by atoms with Crippen molar-refractivity contribution in [2.45, 2.75) is 12.8 Å². The maximum Gasteiger partial charge on any atom is 0.251 e. The molecule has 0 radical (unpaired) electrons. The van der Waals surface area contributed by atoms with Gasteiger partial charge in [-0.1, -0.05) is 18.2 Å². The normalized spacial score (nSPS) is 14.2. The number of anilines is 2. The smallest absolute Gasteiger partial charge is 0.251 e. The van der Waals surface area contributed by atoms with E-state index in [9.17, 15) is 13.2 Å². The van der Waals surface area contributed by atoms with E-state index in [1.54, 1.807) is 36.4 Å². The maximum atomic E-state index is 12.2. The van der Waals surface area contributed by atoms with E-state index in [1.807, 2.05) is 18.2 Å². The molecule has 0 spiro atoms. The molecule has 0 aliphatic carbocycles. The number of hydrogen-bond acceptors (Lipinski definition) is 4. The SMILES string of the molecule is O=C(NCCS(=O)(=O)Nc1ccccc1)c1ccc(N2CCCC2)cc1. The minimum atomic E-state index is -3.50. The highest BCUT2D eigenvalue weighted by molar-refractivity contribution is 7.92. The monoisotopic (exact) mass is 373 g/mol. The molecule has 7 heteroatoms. The van der Waals surface area contributed by atoms with Gasteiger partial charge in [-0.15, -0.1) is 0 Å². The van der Waals surface area contributed by atoms with E-state index in [1.165, 1.54) is 12.8 Å². The number of benzene rings is 2. The molecule has 0 unspecified atom stereocenters. The average Bonchev–Trinajstić information content (AvgIpc) is 3.17. The zero-order valence-electron chi connectivity index (χ0n) is 14.5. The molecule has 1 saturated heterocycles. The molecule has 1 amide bonds. The Labute approximate surface area is 154 Å². The molecule has 1 aliphatic rings. The summed E-state index contributed by atoms with van der Waals surface area (Å²) in [7, 11) is -3.50. The van der Waals surface area contributed by atoms with Crippen LogP contribution in [0, 0.1) is 0 Å². The van der Waals surface area contributed by atoms with E-state index in [4.69, 9.17) is 0 Å². The van der Waals surface area contributed by atoms with Crippen LogP contribution in [0.2, 0.25) is 0 Å². The van der Waals surface area contributed by atoms with Crippen LogP contribution in [-0.4, -0.2) is 39.7 Å². The Morgan fingerprint density at radius 2 is 1.62 bits per heavy atom. The summed E-state index contributed by atoms with van der Waals surface area (Å²) in [5.41, 5.74) is 2.16. The van der Waals surface area contributed by atoms with Crippen LogP contribution in [-0.2, 0) is 10.0 Å². The van der Waals surface area contributed by atoms with Crippen LogP contribution in [0.1, 0.15) is 23.2 Å². The molecule has 2 aromatic carbocycles. The van der Waals surface area contributed by atoms with E-state index in [0.717, 1.165) is 18.8 Å². The number of nitrogens with zero attached hydrogens (tertiary/aromatic N) is 1. The van der Waals surface area contributed by atoms with Crippen LogP contribution in [0.4, 0.5) is 11.4 Å². The van der Waals surface area contributed by atoms with Gasteiger partial charge in [0.15, 0.2) is 0 Å². The maximum absolute atomic E-state index is 12.2. The summed E-state index contributed by atoms with van der Waals surface area (Å²) in [5, 5.41) is 2.66. The first kappa shape index (κ1) is 18.3. The van der Waals surface area contributed by atoms with Crippen LogP contribution in [0.3, 0.4) is 0 Å². The zero-order chi connectivity index (χ0) is 18.4. The molecule has 1 fully saturated rings. The molecule has 0 bridgehead atoms. The third kappa shape index (κ3) is 4.98. The lowest BCUT2D eigenvalue weighted by Crippen LogP contribution is -2.31. The topological polar surface area (TPSA) is 78.5 Å². The molecule has 2 aromatic rings. The van der Waals surface area contributed by atoms with Gasteiger partial charge in [0.1, 0.15) is 0 Å². The molecule has 6 nitrogen and oxygen atoms in total. The molecular weight excluding hydrogens is 350 g/mol. The molecule has 0 atom stereocenters. The second-order valence-corrected chi connectivity index (χ2v) is 8.13. The minimum absolute atomic E-state index is 0.0505. The van der Waals surface area contributed by atoms with Crippen LogP contribution in [0.25, 0.3) is 0 Å². The van der Waals surface area contributed by atoms with Crippen molar-refractivity contribution >= 4 is 27.3 Å². The van der Waals surface area contributed by atoms with Gasteiger partial charge in [-0.25, -0.2) is 8.42 Å². The Balaban J connectivity index is 1.49. The summed E-state index contributed by atoms with van der Waals surface area (Å²) in [4.78, 5) is 14.5. The number of rotatable bonds is 7. The first-order valence-corrected chi connectivity index (χ1v) is 10.4. The van der Waals surface area contributed by atoms with Gasteiger partial charge in [0.25, 0.3) is 5.91 Å². The number of hydrogen-bond donors (Lipinski definition) is 2. The van der Waals surface area contributed by atoms with Crippen molar-refractivity contribution in [3.63, 3.8) is 0 Å². The zero-order valence-corrected chi connectivity index (χ0v) is 15.3. The van der Waals surface area contributed by atoms with E-state index >= 15 is 0 Å². The average molecular weight is 373 g/mol. The van der Waals surface area contributed by atoms with Gasteiger partial charge in [-0.05, 0) is 49.2 Å². The van der Waals surface area contributed by atoms with Crippen LogP contribution >= 0.6 is 0 Å². The highest BCUT2D eigenvalue weighted by Gasteiger charge is 2.14. The number of para-hydroxylation sites is 1. The minimum Gasteiger partial charge on any atom is -0.372 e. The third-order valence-corrected chi connectivity index (χ3v) is 5.59. The summed E-state index contributed by atoms with van der Waals surface area (Å²) in [5.74, 6) is -0.452. The Kier molecular flexibility index (Phi) is 5.78. The van der Waals surface area contributed by atoms with Crippen molar-refractivity contribution in [1.29, 1.82) is 0 Å². The summed E-state index contributed by atoms with van der Waals surface area (Å²) < 4.78 is 26.6.